The molecule has 0 unspecified atom stereocenters. The topological polar surface area (TPSA) is 96.0 Å². The Bertz CT molecular complexity index is 761. The summed E-state index contributed by atoms with van der Waals surface area (Å²) in [6.07, 6.45) is 0.865. The van der Waals surface area contributed by atoms with Crippen molar-refractivity contribution in [2.24, 2.45) is 0 Å². The Hall–Kier alpha value is -1.65. The zero-order valence-electron chi connectivity index (χ0n) is 15.4. The molecule has 1 aromatic carbocycles. The van der Waals surface area contributed by atoms with E-state index < -0.39 is 10.0 Å². The van der Waals surface area contributed by atoms with Crippen LogP contribution in [0.4, 0.5) is 4.79 Å². The lowest BCUT2D eigenvalue weighted by atomic mass is 10.1. The summed E-state index contributed by atoms with van der Waals surface area (Å²) in [6, 6.07) is 6.15. The predicted octanol–water partition coefficient (Wildman–Crippen LogP) is 1.81. The number of rotatable bonds is 6. The molecule has 0 aliphatic carbocycles. The molecule has 10 heteroatoms. The van der Waals surface area contributed by atoms with Gasteiger partial charge in [-0.05, 0) is 44.0 Å². The van der Waals surface area contributed by atoms with Crippen molar-refractivity contribution in [1.29, 1.82) is 0 Å². The molecule has 0 radical (unpaired) electrons. The zero-order valence-corrected chi connectivity index (χ0v) is 17.8. The molecule has 1 aromatic rings. The Labute approximate surface area is 168 Å². The number of carbonyl (C=O) groups is 2. The Morgan fingerprint density at radius 3 is 2.41 bits per heavy atom. The molecule has 1 aliphatic rings. The van der Waals surface area contributed by atoms with Crippen molar-refractivity contribution in [3.8, 4) is 0 Å². The smallest absolute Gasteiger partial charge is 0.409 e. The highest BCUT2D eigenvalue weighted by Crippen LogP contribution is 2.18. The van der Waals surface area contributed by atoms with Gasteiger partial charge in [0.25, 0.3) is 0 Å². The van der Waals surface area contributed by atoms with Gasteiger partial charge in [-0.3, -0.25) is 4.79 Å². The maximum atomic E-state index is 12.5. The number of hydrogen-bond acceptors (Lipinski definition) is 5. The SMILES string of the molecule is CCOC(=O)N1CCC(NC(=O)CN(C)S(=O)(=O)c2ccc(Br)cc2)CC1. The summed E-state index contributed by atoms with van der Waals surface area (Å²) in [5, 5.41) is 2.84. The average Bonchev–Trinajstić information content (AvgIpc) is 2.62. The van der Waals surface area contributed by atoms with Crippen LogP contribution >= 0.6 is 15.9 Å². The molecular weight excluding hydrogens is 438 g/mol. The fourth-order valence-electron chi connectivity index (χ4n) is 2.77. The number of hydrogen-bond donors (Lipinski definition) is 1. The third-order valence-electron chi connectivity index (χ3n) is 4.27. The summed E-state index contributed by atoms with van der Waals surface area (Å²) >= 11 is 3.26. The molecular formula is C17H24BrN3O5S. The van der Waals surface area contributed by atoms with Gasteiger partial charge in [-0.2, -0.15) is 4.31 Å². The van der Waals surface area contributed by atoms with E-state index in [1.807, 2.05) is 0 Å². The number of benzene rings is 1. The number of likely N-dealkylation sites (N-methyl/N-ethyl adjacent to an activating group) is 1. The second-order valence-corrected chi connectivity index (χ2v) is 9.20. The Balaban J connectivity index is 1.85. The minimum atomic E-state index is -3.74. The first kappa shape index (κ1) is 21.6. The highest BCUT2D eigenvalue weighted by atomic mass is 79.9. The fourth-order valence-corrected chi connectivity index (χ4v) is 4.16. The van der Waals surface area contributed by atoms with Crippen LogP contribution in [0.2, 0.25) is 0 Å². The van der Waals surface area contributed by atoms with Crippen molar-refractivity contribution < 1.29 is 22.7 Å². The van der Waals surface area contributed by atoms with E-state index in [0.717, 1.165) is 8.78 Å². The summed E-state index contributed by atoms with van der Waals surface area (Å²) < 4.78 is 31.8. The van der Waals surface area contributed by atoms with Gasteiger partial charge in [0.1, 0.15) is 0 Å². The highest BCUT2D eigenvalue weighted by molar-refractivity contribution is 9.10. The number of piperidine rings is 1. The third kappa shape index (κ3) is 5.91. The van der Waals surface area contributed by atoms with E-state index in [4.69, 9.17) is 4.74 Å². The van der Waals surface area contributed by atoms with Gasteiger partial charge in [-0.25, -0.2) is 13.2 Å². The van der Waals surface area contributed by atoms with Crippen molar-refractivity contribution in [3.05, 3.63) is 28.7 Å². The summed E-state index contributed by atoms with van der Waals surface area (Å²) in [7, 11) is -2.36. The highest BCUT2D eigenvalue weighted by Gasteiger charge is 2.27. The molecule has 8 nitrogen and oxygen atoms in total. The second-order valence-electron chi connectivity index (χ2n) is 6.24. The van der Waals surface area contributed by atoms with Crippen molar-refractivity contribution in [2.45, 2.75) is 30.7 Å². The number of amides is 2. The van der Waals surface area contributed by atoms with Crippen molar-refractivity contribution in [1.82, 2.24) is 14.5 Å². The molecule has 2 rings (SSSR count). The fraction of sp³-hybridized carbons (Fsp3) is 0.529. The zero-order chi connectivity index (χ0) is 20.0. The van der Waals surface area contributed by atoms with Gasteiger partial charge in [0, 0.05) is 30.7 Å². The van der Waals surface area contributed by atoms with Crippen LogP contribution in [0.1, 0.15) is 19.8 Å². The molecule has 0 atom stereocenters. The molecule has 1 aliphatic heterocycles. The molecule has 1 N–H and O–H groups in total. The van der Waals surface area contributed by atoms with Crippen molar-refractivity contribution >= 4 is 38.0 Å². The number of carbonyl (C=O) groups excluding carboxylic acids is 2. The molecule has 1 fully saturated rings. The van der Waals surface area contributed by atoms with E-state index in [0.29, 0.717) is 32.5 Å². The van der Waals surface area contributed by atoms with E-state index in [9.17, 15) is 18.0 Å². The van der Waals surface area contributed by atoms with Crippen LogP contribution in [0.5, 0.6) is 0 Å². The number of likely N-dealkylation sites (tertiary alicyclic amines) is 1. The standard InChI is InChI=1S/C17H24BrN3O5S/c1-3-26-17(23)21-10-8-14(9-11-21)19-16(22)12-20(2)27(24,25)15-6-4-13(18)5-7-15/h4-7,14H,3,8-12H2,1-2H3,(H,19,22). The second kappa shape index (κ2) is 9.52. The molecule has 1 saturated heterocycles. The van der Waals surface area contributed by atoms with E-state index >= 15 is 0 Å². The van der Waals surface area contributed by atoms with Crippen molar-refractivity contribution in [3.63, 3.8) is 0 Å². The van der Waals surface area contributed by atoms with Gasteiger partial charge in [0.2, 0.25) is 15.9 Å². The molecule has 2 amide bonds. The average molecular weight is 462 g/mol. The van der Waals surface area contributed by atoms with Gasteiger partial charge < -0.3 is 15.0 Å². The van der Waals surface area contributed by atoms with Crippen LogP contribution < -0.4 is 5.32 Å². The minimum Gasteiger partial charge on any atom is -0.450 e. The number of ether oxygens (including phenoxy) is 1. The van der Waals surface area contributed by atoms with Crippen LogP contribution in [0.3, 0.4) is 0 Å². The molecule has 1 heterocycles. The van der Waals surface area contributed by atoms with Crippen LogP contribution in [0.15, 0.2) is 33.6 Å². The first-order valence-electron chi connectivity index (χ1n) is 8.67. The Kier molecular flexibility index (Phi) is 7.63. The van der Waals surface area contributed by atoms with E-state index in [-0.39, 0.29) is 29.5 Å². The number of sulfonamides is 1. The summed E-state index contributed by atoms with van der Waals surface area (Å²) in [6.45, 7) is 2.81. The maximum absolute atomic E-state index is 12.5. The predicted molar refractivity (Wildman–Crippen MR) is 104 cm³/mol. The maximum Gasteiger partial charge on any atom is 0.409 e. The minimum absolute atomic E-state index is 0.0908. The van der Waals surface area contributed by atoms with Crippen LogP contribution in [0, 0.1) is 0 Å². The van der Waals surface area contributed by atoms with Crippen LogP contribution in [0.25, 0.3) is 0 Å². The number of halogens is 1. The normalized spacial score (nSPS) is 15.6. The lowest BCUT2D eigenvalue weighted by Crippen LogP contribution is -2.49. The van der Waals surface area contributed by atoms with E-state index in [1.165, 1.54) is 19.2 Å². The quantitative estimate of drug-likeness (QED) is 0.696. The monoisotopic (exact) mass is 461 g/mol. The molecule has 150 valence electrons. The Morgan fingerprint density at radius 2 is 1.85 bits per heavy atom. The molecule has 0 bridgehead atoms. The van der Waals surface area contributed by atoms with Crippen molar-refractivity contribution in [2.75, 3.05) is 33.3 Å². The van der Waals surface area contributed by atoms with E-state index in [2.05, 4.69) is 21.2 Å². The third-order valence-corrected chi connectivity index (χ3v) is 6.62. The molecule has 0 aromatic heterocycles. The van der Waals surface area contributed by atoms with Gasteiger partial charge in [0.15, 0.2) is 0 Å². The molecule has 0 saturated carbocycles. The van der Waals surface area contributed by atoms with Crippen LogP contribution in [-0.2, 0) is 19.6 Å². The largest absolute Gasteiger partial charge is 0.450 e. The van der Waals surface area contributed by atoms with Gasteiger partial charge in [-0.15, -0.1) is 0 Å². The summed E-state index contributed by atoms with van der Waals surface area (Å²) in [4.78, 5) is 25.7. The summed E-state index contributed by atoms with van der Waals surface area (Å²) in [5.41, 5.74) is 0. The van der Waals surface area contributed by atoms with Gasteiger partial charge in [-0.1, -0.05) is 15.9 Å². The first-order valence-corrected chi connectivity index (χ1v) is 10.9. The molecule has 27 heavy (non-hydrogen) atoms. The van der Waals surface area contributed by atoms with E-state index in [1.54, 1.807) is 24.0 Å². The number of nitrogens with one attached hydrogen (secondary N) is 1. The Morgan fingerprint density at radius 1 is 1.26 bits per heavy atom. The first-order chi connectivity index (χ1) is 12.7. The molecule has 0 spiro atoms. The lowest BCUT2D eigenvalue weighted by molar-refractivity contribution is -0.122. The summed E-state index contributed by atoms with van der Waals surface area (Å²) in [5.74, 6) is -0.368. The van der Waals surface area contributed by atoms with Gasteiger partial charge >= 0.3 is 6.09 Å². The van der Waals surface area contributed by atoms with Crippen LogP contribution in [-0.4, -0.2) is 69.0 Å². The lowest BCUT2D eigenvalue weighted by Gasteiger charge is -2.31. The van der Waals surface area contributed by atoms with Gasteiger partial charge in [0.05, 0.1) is 18.0 Å². The number of nitrogens with zero attached hydrogens (tertiary/aromatic N) is 2.